The van der Waals surface area contributed by atoms with Crippen molar-refractivity contribution in [1.29, 1.82) is 0 Å². The van der Waals surface area contributed by atoms with Crippen molar-refractivity contribution >= 4 is 0 Å². The van der Waals surface area contributed by atoms with Gasteiger partial charge in [-0.2, -0.15) is 0 Å². The molecule has 96 valence electrons. The molecule has 0 aliphatic rings. The van der Waals surface area contributed by atoms with Gasteiger partial charge in [-0.05, 0) is 42.5 Å². The highest BCUT2D eigenvalue weighted by Gasteiger charge is 2.18. The number of nitrogens with two attached hydrogens (primary N) is 1. The van der Waals surface area contributed by atoms with Crippen molar-refractivity contribution in [1.82, 2.24) is 5.43 Å². The van der Waals surface area contributed by atoms with E-state index >= 15 is 0 Å². The summed E-state index contributed by atoms with van der Waals surface area (Å²) in [6.07, 6.45) is 2.95. The SMILES string of the molecule is CCC(CC)C(Cc1cc(F)ccc1C)NN. The first-order valence-electron chi connectivity index (χ1n) is 6.33. The summed E-state index contributed by atoms with van der Waals surface area (Å²) in [6, 6.07) is 5.15. The first-order valence-corrected chi connectivity index (χ1v) is 6.33. The van der Waals surface area contributed by atoms with E-state index in [0.717, 1.165) is 30.4 Å². The molecule has 3 heteroatoms. The first kappa shape index (κ1) is 14.1. The highest BCUT2D eigenvalue weighted by molar-refractivity contribution is 5.27. The molecule has 17 heavy (non-hydrogen) atoms. The number of rotatable bonds is 6. The minimum Gasteiger partial charge on any atom is -0.271 e. The van der Waals surface area contributed by atoms with Gasteiger partial charge in [0, 0.05) is 6.04 Å². The lowest BCUT2D eigenvalue weighted by molar-refractivity contribution is 0.335. The van der Waals surface area contributed by atoms with Gasteiger partial charge < -0.3 is 0 Å². The Morgan fingerprint density at radius 2 is 1.94 bits per heavy atom. The van der Waals surface area contributed by atoms with Crippen LogP contribution in [0.5, 0.6) is 0 Å². The largest absolute Gasteiger partial charge is 0.271 e. The molecule has 0 aliphatic heterocycles. The Bertz CT molecular complexity index is 348. The summed E-state index contributed by atoms with van der Waals surface area (Å²) in [7, 11) is 0. The zero-order valence-corrected chi connectivity index (χ0v) is 11.0. The highest BCUT2D eigenvalue weighted by Crippen LogP contribution is 2.19. The zero-order chi connectivity index (χ0) is 12.8. The number of aryl methyl sites for hydroxylation is 1. The molecule has 0 aliphatic carbocycles. The van der Waals surface area contributed by atoms with Gasteiger partial charge in [0.15, 0.2) is 0 Å². The van der Waals surface area contributed by atoms with Crippen LogP contribution < -0.4 is 11.3 Å². The van der Waals surface area contributed by atoms with Gasteiger partial charge in [-0.3, -0.25) is 11.3 Å². The molecule has 0 fully saturated rings. The molecule has 0 spiro atoms. The number of hydrogen-bond acceptors (Lipinski definition) is 2. The van der Waals surface area contributed by atoms with Crippen molar-refractivity contribution in [3.63, 3.8) is 0 Å². The Hall–Kier alpha value is -0.930. The summed E-state index contributed by atoms with van der Waals surface area (Å²) in [5, 5.41) is 0. The summed E-state index contributed by atoms with van der Waals surface area (Å²) >= 11 is 0. The van der Waals surface area contributed by atoms with E-state index in [1.54, 1.807) is 6.07 Å². The Balaban J connectivity index is 2.83. The Morgan fingerprint density at radius 1 is 1.29 bits per heavy atom. The average molecular weight is 238 g/mol. The van der Waals surface area contributed by atoms with Gasteiger partial charge in [0.2, 0.25) is 0 Å². The second kappa shape index (κ2) is 6.72. The molecule has 1 aromatic rings. The van der Waals surface area contributed by atoms with Crippen molar-refractivity contribution in [3.8, 4) is 0 Å². The van der Waals surface area contributed by atoms with Gasteiger partial charge in [0.1, 0.15) is 5.82 Å². The van der Waals surface area contributed by atoms with Gasteiger partial charge >= 0.3 is 0 Å². The molecule has 0 amide bonds. The standard InChI is InChI=1S/C14H23FN2/c1-4-11(5-2)14(17-16)9-12-8-13(15)7-6-10(12)3/h6-8,11,14,17H,4-5,9,16H2,1-3H3. The van der Waals surface area contributed by atoms with E-state index in [2.05, 4.69) is 19.3 Å². The van der Waals surface area contributed by atoms with Gasteiger partial charge in [0.25, 0.3) is 0 Å². The minimum atomic E-state index is -0.175. The highest BCUT2D eigenvalue weighted by atomic mass is 19.1. The number of halogens is 1. The third kappa shape index (κ3) is 3.79. The lowest BCUT2D eigenvalue weighted by Gasteiger charge is -2.25. The van der Waals surface area contributed by atoms with E-state index in [0.29, 0.717) is 5.92 Å². The average Bonchev–Trinajstić information content (AvgIpc) is 2.33. The van der Waals surface area contributed by atoms with Gasteiger partial charge in [-0.1, -0.05) is 32.8 Å². The maximum absolute atomic E-state index is 13.2. The normalized spacial score (nSPS) is 13.1. The smallest absolute Gasteiger partial charge is 0.123 e. The van der Waals surface area contributed by atoms with Crippen molar-refractivity contribution in [2.45, 2.75) is 46.1 Å². The van der Waals surface area contributed by atoms with Gasteiger partial charge in [-0.15, -0.1) is 0 Å². The fraction of sp³-hybridized carbons (Fsp3) is 0.571. The molecule has 0 bridgehead atoms. The van der Waals surface area contributed by atoms with Crippen LogP contribution in [0.1, 0.15) is 37.8 Å². The maximum atomic E-state index is 13.2. The molecule has 0 saturated carbocycles. The van der Waals surface area contributed by atoms with Crippen LogP contribution >= 0.6 is 0 Å². The van der Waals surface area contributed by atoms with Crippen LogP contribution in [0.4, 0.5) is 4.39 Å². The summed E-state index contributed by atoms with van der Waals surface area (Å²) in [5.41, 5.74) is 5.04. The van der Waals surface area contributed by atoms with Crippen LogP contribution in [0.25, 0.3) is 0 Å². The molecular formula is C14H23FN2. The number of nitrogens with one attached hydrogen (secondary N) is 1. The van der Waals surface area contributed by atoms with Crippen molar-refractivity contribution in [2.75, 3.05) is 0 Å². The van der Waals surface area contributed by atoms with E-state index in [-0.39, 0.29) is 11.9 Å². The monoisotopic (exact) mass is 238 g/mol. The van der Waals surface area contributed by atoms with Crippen LogP contribution in [0.15, 0.2) is 18.2 Å². The predicted octanol–water partition coefficient (Wildman–Crippen LogP) is 2.94. The Kier molecular flexibility index (Phi) is 5.59. The number of hydrazine groups is 1. The van der Waals surface area contributed by atoms with E-state index in [1.807, 2.05) is 13.0 Å². The van der Waals surface area contributed by atoms with E-state index in [4.69, 9.17) is 5.84 Å². The lowest BCUT2D eigenvalue weighted by atomic mass is 9.88. The molecule has 0 radical (unpaired) electrons. The van der Waals surface area contributed by atoms with Crippen molar-refractivity contribution in [2.24, 2.45) is 11.8 Å². The Labute approximate surface area is 103 Å². The third-order valence-electron chi connectivity index (χ3n) is 3.58. The zero-order valence-electron chi connectivity index (χ0n) is 11.0. The maximum Gasteiger partial charge on any atom is 0.123 e. The van der Waals surface area contributed by atoms with E-state index in [9.17, 15) is 4.39 Å². The third-order valence-corrected chi connectivity index (χ3v) is 3.58. The van der Waals surface area contributed by atoms with Crippen LogP contribution in [0.2, 0.25) is 0 Å². The second-order valence-electron chi connectivity index (χ2n) is 4.62. The lowest BCUT2D eigenvalue weighted by Crippen LogP contribution is -2.42. The quantitative estimate of drug-likeness (QED) is 0.590. The summed E-state index contributed by atoms with van der Waals surface area (Å²) in [4.78, 5) is 0. The van der Waals surface area contributed by atoms with Crippen molar-refractivity contribution < 1.29 is 4.39 Å². The van der Waals surface area contributed by atoms with Crippen LogP contribution in [-0.4, -0.2) is 6.04 Å². The fourth-order valence-corrected chi connectivity index (χ4v) is 2.32. The molecule has 1 rings (SSSR count). The van der Waals surface area contributed by atoms with Crippen LogP contribution in [0, 0.1) is 18.7 Å². The number of benzene rings is 1. The molecule has 0 aromatic heterocycles. The molecule has 0 heterocycles. The second-order valence-corrected chi connectivity index (χ2v) is 4.62. The Morgan fingerprint density at radius 3 is 2.47 bits per heavy atom. The van der Waals surface area contributed by atoms with Gasteiger partial charge in [0.05, 0.1) is 0 Å². The molecule has 1 atom stereocenters. The molecule has 1 aromatic carbocycles. The van der Waals surface area contributed by atoms with E-state index in [1.165, 1.54) is 6.07 Å². The summed E-state index contributed by atoms with van der Waals surface area (Å²) < 4.78 is 13.2. The fourth-order valence-electron chi connectivity index (χ4n) is 2.32. The topological polar surface area (TPSA) is 38.0 Å². The molecule has 3 N–H and O–H groups in total. The summed E-state index contributed by atoms with van der Waals surface area (Å²) in [6.45, 7) is 6.34. The van der Waals surface area contributed by atoms with Gasteiger partial charge in [-0.25, -0.2) is 4.39 Å². The van der Waals surface area contributed by atoms with Crippen LogP contribution in [-0.2, 0) is 6.42 Å². The van der Waals surface area contributed by atoms with E-state index < -0.39 is 0 Å². The van der Waals surface area contributed by atoms with Crippen molar-refractivity contribution in [3.05, 3.63) is 35.1 Å². The molecule has 0 saturated heterocycles. The predicted molar refractivity (Wildman–Crippen MR) is 70.0 cm³/mol. The first-order chi connectivity index (χ1) is 8.12. The molecule has 2 nitrogen and oxygen atoms in total. The minimum absolute atomic E-state index is 0.175. The number of hydrogen-bond donors (Lipinski definition) is 2. The molecular weight excluding hydrogens is 215 g/mol. The molecule has 1 unspecified atom stereocenters. The van der Waals surface area contributed by atoms with Crippen LogP contribution in [0.3, 0.4) is 0 Å². The summed E-state index contributed by atoms with van der Waals surface area (Å²) in [5.74, 6) is 5.97.